The maximum atomic E-state index is 11.4. The first-order valence-corrected chi connectivity index (χ1v) is 5.31. The van der Waals surface area contributed by atoms with Crippen LogP contribution in [0, 0.1) is 0 Å². The molecule has 0 unspecified atom stereocenters. The Morgan fingerprint density at radius 1 is 0.889 bits per heavy atom. The largest absolute Gasteiger partial charge is 0.479 e. The Hall–Kier alpha value is -1.65. The van der Waals surface area contributed by atoms with E-state index < -0.39 is 11.6 Å². The van der Waals surface area contributed by atoms with Gasteiger partial charge in [-0.2, -0.15) is 0 Å². The average molecular weight is 307 g/mol. The zero-order chi connectivity index (χ0) is 12.0. The molecule has 2 aromatic rings. The lowest BCUT2D eigenvalue weighted by Crippen LogP contribution is -2.34. The fourth-order valence-electron chi connectivity index (χ4n) is 2.44. The number of rotatable bonds is 1. The third kappa shape index (κ3) is 1.43. The minimum absolute atomic E-state index is 0. The molecule has 2 aromatic carbocycles. The van der Waals surface area contributed by atoms with Crippen molar-refractivity contribution in [3.05, 3.63) is 59.7 Å². The van der Waals surface area contributed by atoms with Crippen molar-refractivity contribution >= 4 is 23.0 Å². The molecule has 0 bridgehead atoms. The van der Waals surface area contributed by atoms with Crippen LogP contribution in [0.1, 0.15) is 11.1 Å². The number of fused-ring (bicyclic) bond motifs is 3. The van der Waals surface area contributed by atoms with Gasteiger partial charge in [0.05, 0.1) is 0 Å². The molecule has 0 aliphatic heterocycles. The minimum Gasteiger partial charge on any atom is -0.479 e. The molecule has 0 amide bonds. The van der Waals surface area contributed by atoms with Gasteiger partial charge in [-0.05, 0) is 11.1 Å². The molecule has 0 aromatic heterocycles. The number of carboxylic acid groups (broad SMARTS) is 1. The van der Waals surface area contributed by atoms with Gasteiger partial charge in [0.2, 0.25) is 5.60 Å². The second-order valence-electron chi connectivity index (χ2n) is 4.11. The molecule has 0 fully saturated rings. The first kappa shape index (κ1) is 12.8. The molecule has 0 saturated carbocycles. The lowest BCUT2D eigenvalue weighted by Gasteiger charge is -2.19. The maximum Gasteiger partial charge on any atom is 0.345 e. The topological polar surface area (TPSA) is 57.5 Å². The van der Waals surface area contributed by atoms with E-state index in [4.69, 9.17) is 0 Å². The second kappa shape index (κ2) is 4.23. The van der Waals surface area contributed by atoms with Gasteiger partial charge < -0.3 is 10.2 Å². The van der Waals surface area contributed by atoms with Crippen LogP contribution < -0.4 is 0 Å². The van der Waals surface area contributed by atoms with Crippen LogP contribution in [0.4, 0.5) is 0 Å². The normalized spacial score (nSPS) is 14.3. The molecule has 1 aliphatic rings. The van der Waals surface area contributed by atoms with Crippen LogP contribution in [-0.2, 0) is 10.4 Å². The molecule has 0 saturated heterocycles. The van der Waals surface area contributed by atoms with E-state index in [1.165, 1.54) is 0 Å². The SMILES string of the molecule is Br.O=C(O)C1(O)c2ccccc2-c2ccccc21. The van der Waals surface area contributed by atoms with Crippen molar-refractivity contribution < 1.29 is 15.0 Å². The van der Waals surface area contributed by atoms with Gasteiger partial charge in [-0.15, -0.1) is 17.0 Å². The van der Waals surface area contributed by atoms with Crippen LogP contribution in [0.15, 0.2) is 48.5 Å². The number of aliphatic carboxylic acids is 1. The summed E-state index contributed by atoms with van der Waals surface area (Å²) in [7, 11) is 0. The number of benzene rings is 2. The van der Waals surface area contributed by atoms with E-state index in [2.05, 4.69) is 0 Å². The molecule has 0 atom stereocenters. The number of aliphatic hydroxyl groups is 1. The summed E-state index contributed by atoms with van der Waals surface area (Å²) in [5.41, 5.74) is 0.524. The Kier molecular flexibility index (Phi) is 3.00. The fourth-order valence-corrected chi connectivity index (χ4v) is 2.44. The summed E-state index contributed by atoms with van der Waals surface area (Å²) in [5.74, 6) is -1.24. The van der Waals surface area contributed by atoms with Crippen molar-refractivity contribution in [1.82, 2.24) is 0 Å². The number of hydrogen-bond donors (Lipinski definition) is 2. The van der Waals surface area contributed by atoms with Crippen LogP contribution in [0.25, 0.3) is 11.1 Å². The van der Waals surface area contributed by atoms with Crippen molar-refractivity contribution in [3.8, 4) is 11.1 Å². The Bertz CT molecular complexity index is 576. The highest BCUT2D eigenvalue weighted by Crippen LogP contribution is 2.47. The van der Waals surface area contributed by atoms with Gasteiger partial charge in [-0.3, -0.25) is 0 Å². The molecule has 0 heterocycles. The summed E-state index contributed by atoms with van der Waals surface area (Å²) in [6.45, 7) is 0. The van der Waals surface area contributed by atoms with E-state index in [-0.39, 0.29) is 17.0 Å². The second-order valence-corrected chi connectivity index (χ2v) is 4.11. The fraction of sp³-hybridized carbons (Fsp3) is 0.0714. The predicted molar refractivity (Wildman–Crippen MR) is 72.8 cm³/mol. The molecule has 0 spiro atoms. The smallest absolute Gasteiger partial charge is 0.345 e. The van der Waals surface area contributed by atoms with Gasteiger partial charge >= 0.3 is 5.97 Å². The standard InChI is InChI=1S/C14H10O3.BrH/c15-13(16)14(17)11-7-3-1-5-9(11)10-6-2-4-8-12(10)14;/h1-8,17H,(H,15,16);1H. The number of carbonyl (C=O) groups is 1. The average Bonchev–Trinajstić information content (AvgIpc) is 2.63. The Balaban J connectivity index is 0.00000120. The van der Waals surface area contributed by atoms with Gasteiger partial charge in [0.25, 0.3) is 0 Å². The van der Waals surface area contributed by atoms with Crippen LogP contribution in [0.5, 0.6) is 0 Å². The van der Waals surface area contributed by atoms with E-state index in [9.17, 15) is 15.0 Å². The number of halogens is 1. The Morgan fingerprint density at radius 3 is 1.67 bits per heavy atom. The Labute approximate surface area is 114 Å². The molecule has 0 radical (unpaired) electrons. The zero-order valence-electron chi connectivity index (χ0n) is 9.33. The van der Waals surface area contributed by atoms with E-state index in [0.717, 1.165) is 11.1 Å². The zero-order valence-corrected chi connectivity index (χ0v) is 11.0. The van der Waals surface area contributed by atoms with Crippen molar-refractivity contribution in [1.29, 1.82) is 0 Å². The lowest BCUT2D eigenvalue weighted by molar-refractivity contribution is -0.154. The first-order chi connectivity index (χ1) is 8.15. The van der Waals surface area contributed by atoms with Gasteiger partial charge in [0.15, 0.2) is 0 Å². The highest BCUT2D eigenvalue weighted by atomic mass is 79.9. The molecular weight excluding hydrogens is 296 g/mol. The van der Waals surface area contributed by atoms with Crippen LogP contribution >= 0.6 is 17.0 Å². The van der Waals surface area contributed by atoms with Gasteiger partial charge in [-0.25, -0.2) is 4.79 Å². The van der Waals surface area contributed by atoms with Gasteiger partial charge in [0, 0.05) is 11.1 Å². The highest BCUT2D eigenvalue weighted by molar-refractivity contribution is 8.93. The third-order valence-corrected chi connectivity index (χ3v) is 3.23. The Morgan fingerprint density at radius 2 is 1.28 bits per heavy atom. The molecule has 3 rings (SSSR count). The molecule has 18 heavy (non-hydrogen) atoms. The summed E-state index contributed by atoms with van der Waals surface area (Å²) in [6.07, 6.45) is 0. The van der Waals surface area contributed by atoms with Crippen molar-refractivity contribution in [3.63, 3.8) is 0 Å². The summed E-state index contributed by atoms with van der Waals surface area (Å²) >= 11 is 0. The predicted octanol–water partition coefficient (Wildman–Crippen LogP) is 2.57. The molecular formula is C14H11BrO3. The minimum atomic E-state index is -1.92. The summed E-state index contributed by atoms with van der Waals surface area (Å²) in [4.78, 5) is 11.4. The van der Waals surface area contributed by atoms with Crippen molar-refractivity contribution in [2.24, 2.45) is 0 Å². The third-order valence-electron chi connectivity index (χ3n) is 3.23. The van der Waals surface area contributed by atoms with E-state index in [1.54, 1.807) is 24.3 Å². The van der Waals surface area contributed by atoms with Gasteiger partial charge in [0.1, 0.15) is 0 Å². The summed E-state index contributed by atoms with van der Waals surface area (Å²) in [5, 5.41) is 19.8. The van der Waals surface area contributed by atoms with Crippen LogP contribution in [0.3, 0.4) is 0 Å². The van der Waals surface area contributed by atoms with E-state index in [0.29, 0.717) is 11.1 Å². The van der Waals surface area contributed by atoms with Crippen LogP contribution in [0.2, 0.25) is 0 Å². The van der Waals surface area contributed by atoms with E-state index >= 15 is 0 Å². The van der Waals surface area contributed by atoms with Crippen LogP contribution in [-0.4, -0.2) is 16.2 Å². The summed E-state index contributed by atoms with van der Waals surface area (Å²) < 4.78 is 0. The molecule has 1 aliphatic carbocycles. The van der Waals surface area contributed by atoms with E-state index in [1.807, 2.05) is 24.3 Å². The summed E-state index contributed by atoms with van der Waals surface area (Å²) in [6, 6.07) is 14.1. The quantitative estimate of drug-likeness (QED) is 0.851. The molecule has 3 nitrogen and oxygen atoms in total. The van der Waals surface area contributed by atoms with Crippen molar-refractivity contribution in [2.45, 2.75) is 5.60 Å². The molecule has 2 N–H and O–H groups in total. The first-order valence-electron chi connectivity index (χ1n) is 5.31. The molecule has 4 heteroatoms. The number of carboxylic acids is 1. The van der Waals surface area contributed by atoms with Crippen molar-refractivity contribution in [2.75, 3.05) is 0 Å². The lowest BCUT2D eigenvalue weighted by atomic mass is 9.92. The number of hydrogen-bond acceptors (Lipinski definition) is 2. The highest BCUT2D eigenvalue weighted by Gasteiger charge is 2.47. The maximum absolute atomic E-state index is 11.4. The monoisotopic (exact) mass is 306 g/mol. The molecule has 92 valence electrons. The van der Waals surface area contributed by atoms with Gasteiger partial charge in [-0.1, -0.05) is 48.5 Å².